The van der Waals surface area contributed by atoms with E-state index in [1.54, 1.807) is 19.2 Å². The fraction of sp³-hybridized carbons (Fsp3) is 0.400. The largest absolute Gasteiger partial charge is 0.487 e. The van der Waals surface area contributed by atoms with Crippen molar-refractivity contribution in [3.8, 4) is 22.6 Å². The number of nitrogens with zero attached hydrogens (tertiary/aromatic N) is 3. The van der Waals surface area contributed by atoms with Crippen LogP contribution in [0.1, 0.15) is 43.4 Å². The Labute approximate surface area is 244 Å². The molecule has 1 fully saturated rings. The SMILES string of the molecule is C[C@@H](Oc1cc(-c2ccc3c(c2)OC2(CC3)CCN(C(=O)CN(C)C)CC2)cnc1N)c1c(Cl)ccc(F)c1Cl. The van der Waals surface area contributed by atoms with Crippen molar-refractivity contribution >= 4 is 34.9 Å². The molecule has 5 rings (SSSR count). The maximum absolute atomic E-state index is 14.1. The first-order chi connectivity index (χ1) is 19.0. The van der Waals surface area contributed by atoms with E-state index in [1.807, 2.05) is 36.0 Å². The summed E-state index contributed by atoms with van der Waals surface area (Å²) in [4.78, 5) is 20.7. The van der Waals surface area contributed by atoms with Gasteiger partial charge in [-0.3, -0.25) is 4.79 Å². The maximum atomic E-state index is 14.1. The second kappa shape index (κ2) is 11.4. The molecule has 2 aromatic carbocycles. The van der Waals surface area contributed by atoms with Gasteiger partial charge < -0.3 is 25.0 Å². The maximum Gasteiger partial charge on any atom is 0.236 e. The lowest BCUT2D eigenvalue weighted by molar-refractivity contribution is -0.135. The highest BCUT2D eigenvalue weighted by atomic mass is 35.5. The Morgan fingerprint density at radius 3 is 2.65 bits per heavy atom. The van der Waals surface area contributed by atoms with Gasteiger partial charge in [0.2, 0.25) is 5.91 Å². The zero-order valence-electron chi connectivity index (χ0n) is 22.8. The monoisotopic (exact) mass is 586 g/mol. The molecule has 3 heterocycles. The number of ether oxygens (including phenoxy) is 2. The molecule has 0 unspecified atom stereocenters. The first-order valence-electron chi connectivity index (χ1n) is 13.4. The van der Waals surface area contributed by atoms with E-state index >= 15 is 0 Å². The van der Waals surface area contributed by atoms with Gasteiger partial charge in [-0.25, -0.2) is 9.37 Å². The fourth-order valence-electron chi connectivity index (χ4n) is 5.44. The van der Waals surface area contributed by atoms with Crippen LogP contribution >= 0.6 is 23.2 Å². The summed E-state index contributed by atoms with van der Waals surface area (Å²) in [6.45, 7) is 3.54. The van der Waals surface area contributed by atoms with E-state index in [9.17, 15) is 9.18 Å². The van der Waals surface area contributed by atoms with E-state index in [1.165, 1.54) is 12.1 Å². The summed E-state index contributed by atoms with van der Waals surface area (Å²) in [7, 11) is 3.81. The minimum atomic E-state index is -0.669. The summed E-state index contributed by atoms with van der Waals surface area (Å²) >= 11 is 12.5. The molecule has 0 bridgehead atoms. The van der Waals surface area contributed by atoms with Crippen molar-refractivity contribution in [2.75, 3.05) is 39.5 Å². The van der Waals surface area contributed by atoms with Gasteiger partial charge >= 0.3 is 0 Å². The molecule has 2 N–H and O–H groups in total. The number of carbonyl (C=O) groups excluding carboxylic acids is 1. The molecule has 3 aromatic rings. The quantitative estimate of drug-likeness (QED) is 0.348. The van der Waals surface area contributed by atoms with E-state index in [0.29, 0.717) is 36.0 Å². The van der Waals surface area contributed by atoms with Gasteiger partial charge in [0.05, 0.1) is 11.6 Å². The van der Waals surface area contributed by atoms with Gasteiger partial charge in [-0.1, -0.05) is 35.3 Å². The van der Waals surface area contributed by atoms with Crippen molar-refractivity contribution in [1.29, 1.82) is 0 Å². The minimum Gasteiger partial charge on any atom is -0.487 e. The second-order valence-corrected chi connectivity index (χ2v) is 11.6. The predicted octanol–water partition coefficient (Wildman–Crippen LogP) is 6.16. The lowest BCUT2D eigenvalue weighted by Gasteiger charge is -2.44. The van der Waals surface area contributed by atoms with Crippen molar-refractivity contribution in [1.82, 2.24) is 14.8 Å². The smallest absolute Gasteiger partial charge is 0.236 e. The number of pyridine rings is 1. The first kappa shape index (κ1) is 28.5. The summed E-state index contributed by atoms with van der Waals surface area (Å²) in [6, 6.07) is 10.6. The molecule has 212 valence electrons. The zero-order chi connectivity index (χ0) is 28.6. The van der Waals surface area contributed by atoms with Crippen LogP contribution in [0.25, 0.3) is 11.1 Å². The number of nitrogen functional groups attached to an aromatic ring is 1. The molecular weight excluding hydrogens is 554 g/mol. The van der Waals surface area contributed by atoms with Crippen molar-refractivity contribution in [3.63, 3.8) is 0 Å². The van der Waals surface area contributed by atoms with Gasteiger partial charge in [0.25, 0.3) is 0 Å². The van der Waals surface area contributed by atoms with Crippen molar-refractivity contribution in [2.45, 2.75) is 44.3 Å². The average Bonchev–Trinajstić information content (AvgIpc) is 2.92. The van der Waals surface area contributed by atoms with Gasteiger partial charge in [0.15, 0.2) is 11.6 Å². The lowest BCUT2D eigenvalue weighted by atomic mass is 9.82. The molecular formula is C30H33Cl2FN4O3. The number of nitrogens with two attached hydrogens (primary N) is 1. The number of hydrogen-bond acceptors (Lipinski definition) is 6. The topological polar surface area (TPSA) is 80.9 Å². The Hall–Kier alpha value is -3.07. The normalized spacial score (nSPS) is 16.9. The third-order valence-electron chi connectivity index (χ3n) is 7.73. The molecule has 2 aliphatic heterocycles. The number of anilines is 1. The molecule has 1 aromatic heterocycles. The zero-order valence-corrected chi connectivity index (χ0v) is 24.4. The van der Waals surface area contributed by atoms with Crippen LogP contribution in [0.2, 0.25) is 10.0 Å². The minimum absolute atomic E-state index is 0.0867. The Balaban J connectivity index is 1.34. The molecule has 10 heteroatoms. The Morgan fingerprint density at radius 2 is 1.93 bits per heavy atom. The van der Waals surface area contributed by atoms with Crippen LogP contribution in [-0.4, -0.2) is 60.0 Å². The number of aromatic nitrogens is 1. The number of likely N-dealkylation sites (tertiary alicyclic amines) is 1. The van der Waals surface area contributed by atoms with Crippen molar-refractivity contribution < 1.29 is 18.7 Å². The van der Waals surface area contributed by atoms with Crippen LogP contribution in [0.5, 0.6) is 11.5 Å². The number of amides is 1. The Kier molecular flexibility index (Phi) is 8.13. The molecule has 2 aliphatic rings. The van der Waals surface area contributed by atoms with Gasteiger partial charge in [-0.15, -0.1) is 0 Å². The van der Waals surface area contributed by atoms with Gasteiger partial charge in [-0.05, 0) is 69.3 Å². The van der Waals surface area contributed by atoms with Gasteiger partial charge in [-0.2, -0.15) is 0 Å². The van der Waals surface area contributed by atoms with Crippen LogP contribution < -0.4 is 15.2 Å². The number of carbonyl (C=O) groups is 1. The van der Waals surface area contributed by atoms with Crippen LogP contribution in [-0.2, 0) is 11.2 Å². The number of aryl methyl sites for hydroxylation is 1. The standard InChI is InChI=1S/C30H33Cl2FN4O3/c1-18(27-22(31)6-7-23(33)28(27)32)39-25-15-21(16-35-29(25)34)20-5-4-19-8-9-30(40-24(19)14-20)10-12-37(13-11-30)26(38)17-36(2)3/h4-7,14-16,18H,8-13,17H2,1-3H3,(H2,34,35)/t18-/m1/s1. The molecule has 1 amide bonds. The number of benzene rings is 2. The number of fused-ring (bicyclic) bond motifs is 1. The summed E-state index contributed by atoms with van der Waals surface area (Å²) in [6.07, 6.45) is 4.48. The number of likely N-dealkylation sites (N-methyl/N-ethyl adjacent to an activating group) is 1. The molecule has 0 aliphatic carbocycles. The summed E-state index contributed by atoms with van der Waals surface area (Å²) in [5, 5.41) is 0.214. The molecule has 40 heavy (non-hydrogen) atoms. The van der Waals surface area contributed by atoms with E-state index in [-0.39, 0.29) is 22.3 Å². The van der Waals surface area contributed by atoms with Crippen LogP contribution in [0.3, 0.4) is 0 Å². The second-order valence-electron chi connectivity index (χ2n) is 10.9. The molecule has 1 saturated heterocycles. The Morgan fingerprint density at radius 1 is 1.18 bits per heavy atom. The molecule has 1 spiro atoms. The van der Waals surface area contributed by atoms with Crippen LogP contribution in [0.15, 0.2) is 42.6 Å². The summed E-state index contributed by atoms with van der Waals surface area (Å²) in [5.41, 5.74) is 9.06. The summed E-state index contributed by atoms with van der Waals surface area (Å²) < 4.78 is 26.8. The highest BCUT2D eigenvalue weighted by Gasteiger charge is 2.40. The van der Waals surface area contributed by atoms with Crippen LogP contribution in [0.4, 0.5) is 10.2 Å². The first-order valence-corrected chi connectivity index (χ1v) is 14.1. The van der Waals surface area contributed by atoms with Crippen molar-refractivity contribution in [3.05, 3.63) is 69.6 Å². The van der Waals surface area contributed by atoms with E-state index in [0.717, 1.165) is 48.1 Å². The molecule has 7 nitrogen and oxygen atoms in total. The summed E-state index contributed by atoms with van der Waals surface area (Å²) in [5.74, 6) is 0.967. The molecule has 0 radical (unpaired) electrons. The number of rotatable bonds is 6. The van der Waals surface area contributed by atoms with Gasteiger partial charge in [0, 0.05) is 48.3 Å². The van der Waals surface area contributed by atoms with E-state index < -0.39 is 11.9 Å². The highest BCUT2D eigenvalue weighted by Crippen LogP contribution is 2.42. The number of piperidine rings is 1. The molecule has 0 saturated carbocycles. The number of halogens is 3. The lowest BCUT2D eigenvalue weighted by Crippen LogP contribution is -2.52. The average molecular weight is 588 g/mol. The Bertz CT molecular complexity index is 1430. The van der Waals surface area contributed by atoms with E-state index in [4.69, 9.17) is 38.4 Å². The third kappa shape index (κ3) is 5.85. The molecule has 1 atom stereocenters. The number of hydrogen-bond donors (Lipinski definition) is 1. The fourth-order valence-corrected chi connectivity index (χ4v) is 6.12. The predicted molar refractivity (Wildman–Crippen MR) is 156 cm³/mol. The van der Waals surface area contributed by atoms with E-state index in [2.05, 4.69) is 11.1 Å². The van der Waals surface area contributed by atoms with Crippen LogP contribution in [0, 0.1) is 5.82 Å². The highest BCUT2D eigenvalue weighted by molar-refractivity contribution is 6.36. The van der Waals surface area contributed by atoms with Crippen molar-refractivity contribution in [2.24, 2.45) is 0 Å². The van der Waals surface area contributed by atoms with Gasteiger partial charge in [0.1, 0.15) is 23.3 Å². The third-order valence-corrected chi connectivity index (χ3v) is 8.44.